The number of aromatic nitrogens is 2. The van der Waals surface area contributed by atoms with Crippen LogP contribution >= 0.6 is 0 Å². The lowest BCUT2D eigenvalue weighted by Crippen LogP contribution is -2.26. The molecule has 1 aromatic carbocycles. The van der Waals surface area contributed by atoms with Gasteiger partial charge in [-0.05, 0) is 37.5 Å². The van der Waals surface area contributed by atoms with Crippen LogP contribution in [0.3, 0.4) is 0 Å². The molecule has 8 heteroatoms. The molecule has 0 aliphatic heterocycles. The van der Waals surface area contributed by atoms with Gasteiger partial charge in [-0.25, -0.2) is 0 Å². The Morgan fingerprint density at radius 3 is 2.79 bits per heavy atom. The van der Waals surface area contributed by atoms with Crippen LogP contribution in [0.15, 0.2) is 29.0 Å². The fourth-order valence-corrected chi connectivity index (χ4v) is 3.11. The zero-order valence-electron chi connectivity index (χ0n) is 12.7. The smallest absolute Gasteiger partial charge is 0.417 e. The largest absolute Gasteiger partial charge is 0.428 e. The van der Waals surface area contributed by atoms with Gasteiger partial charge in [-0.15, -0.1) is 10.2 Å². The molecule has 5 nitrogen and oxygen atoms in total. The van der Waals surface area contributed by atoms with Gasteiger partial charge in [0.2, 0.25) is 12.3 Å². The molecule has 126 valence electrons. The third-order valence-corrected chi connectivity index (χ3v) is 4.22. The molecule has 1 aromatic heterocycles. The van der Waals surface area contributed by atoms with Crippen molar-refractivity contribution in [2.45, 2.75) is 43.8 Å². The summed E-state index contributed by atoms with van der Waals surface area (Å²) < 4.78 is 44.3. The van der Waals surface area contributed by atoms with E-state index in [0.717, 1.165) is 25.3 Å². The Labute approximate surface area is 136 Å². The second-order valence-electron chi connectivity index (χ2n) is 5.85. The molecule has 1 aliphatic rings. The topological polar surface area (TPSA) is 74.7 Å². The second kappa shape index (κ2) is 6.51. The van der Waals surface area contributed by atoms with Crippen LogP contribution < -0.4 is 5.32 Å². The Kier molecular flexibility index (Phi) is 4.42. The van der Waals surface area contributed by atoms with Crippen LogP contribution in [0.2, 0.25) is 0 Å². The van der Waals surface area contributed by atoms with Crippen molar-refractivity contribution in [3.8, 4) is 6.07 Å². The van der Waals surface area contributed by atoms with Crippen molar-refractivity contribution in [2.24, 2.45) is 0 Å². The number of benzene rings is 1. The van der Waals surface area contributed by atoms with Crippen LogP contribution in [0, 0.1) is 11.3 Å². The maximum absolute atomic E-state index is 13.0. The summed E-state index contributed by atoms with van der Waals surface area (Å²) in [6, 6.07) is 5.30. The molecule has 24 heavy (non-hydrogen) atoms. The molecular formula is C16H15F3N4O. The van der Waals surface area contributed by atoms with Gasteiger partial charge in [-0.3, -0.25) is 0 Å². The van der Waals surface area contributed by atoms with E-state index in [1.54, 1.807) is 6.07 Å². The first-order chi connectivity index (χ1) is 11.5. The van der Waals surface area contributed by atoms with Crippen molar-refractivity contribution in [1.82, 2.24) is 10.2 Å². The summed E-state index contributed by atoms with van der Waals surface area (Å²) in [5, 5.41) is 19.6. The lowest BCUT2D eigenvalue weighted by Gasteiger charge is -2.28. The third kappa shape index (κ3) is 3.50. The molecule has 2 aromatic rings. The van der Waals surface area contributed by atoms with Crippen molar-refractivity contribution in [1.29, 1.82) is 5.26 Å². The highest BCUT2D eigenvalue weighted by Gasteiger charge is 2.34. The van der Waals surface area contributed by atoms with Gasteiger partial charge < -0.3 is 9.73 Å². The quantitative estimate of drug-likeness (QED) is 0.913. The number of hydrogen-bond acceptors (Lipinski definition) is 5. The number of nitrogens with one attached hydrogen (secondary N) is 1. The predicted molar refractivity (Wildman–Crippen MR) is 79.1 cm³/mol. The van der Waals surface area contributed by atoms with Crippen LogP contribution in [-0.2, 0) is 6.18 Å². The lowest BCUT2D eigenvalue weighted by molar-refractivity contribution is -0.137. The first-order valence-corrected chi connectivity index (χ1v) is 7.61. The molecule has 1 fully saturated rings. The van der Waals surface area contributed by atoms with Gasteiger partial charge in [0.1, 0.15) is 0 Å². The van der Waals surface area contributed by atoms with Crippen molar-refractivity contribution in [3.63, 3.8) is 0 Å². The standard InChI is InChI=1S/C16H15F3N4O/c17-16(18,19)14-7-13(5-4-11(14)8-20)22-12-3-1-2-10(6-12)15-23-21-9-24-15/h4-5,7,9-10,12,22H,1-3,6H2. The molecule has 3 rings (SSSR count). The zero-order chi connectivity index (χ0) is 17.2. The van der Waals surface area contributed by atoms with Gasteiger partial charge in [-0.2, -0.15) is 18.4 Å². The number of nitriles is 1. The third-order valence-electron chi connectivity index (χ3n) is 4.22. The van der Waals surface area contributed by atoms with Crippen LogP contribution in [-0.4, -0.2) is 16.2 Å². The van der Waals surface area contributed by atoms with E-state index in [1.807, 2.05) is 0 Å². The van der Waals surface area contributed by atoms with Crippen molar-refractivity contribution in [2.75, 3.05) is 5.32 Å². The van der Waals surface area contributed by atoms with Gasteiger partial charge in [-0.1, -0.05) is 6.42 Å². The van der Waals surface area contributed by atoms with Crippen LogP contribution in [0.4, 0.5) is 18.9 Å². The summed E-state index contributed by atoms with van der Waals surface area (Å²) >= 11 is 0. The minimum Gasteiger partial charge on any atom is -0.428 e. The van der Waals surface area contributed by atoms with Gasteiger partial charge >= 0.3 is 6.18 Å². The summed E-state index contributed by atoms with van der Waals surface area (Å²) in [6.07, 6.45) is 0.133. The van der Waals surface area contributed by atoms with Gasteiger partial charge in [0.05, 0.1) is 17.2 Å². The van der Waals surface area contributed by atoms with E-state index in [0.29, 0.717) is 18.0 Å². The fraction of sp³-hybridized carbons (Fsp3) is 0.438. The first-order valence-electron chi connectivity index (χ1n) is 7.61. The van der Waals surface area contributed by atoms with Gasteiger partial charge in [0.25, 0.3) is 0 Å². The zero-order valence-corrected chi connectivity index (χ0v) is 12.7. The summed E-state index contributed by atoms with van der Waals surface area (Å²) in [5.41, 5.74) is -0.933. The van der Waals surface area contributed by atoms with E-state index >= 15 is 0 Å². The molecule has 2 atom stereocenters. The molecule has 1 aliphatic carbocycles. The summed E-state index contributed by atoms with van der Waals surface area (Å²) in [7, 11) is 0. The molecule has 1 N–H and O–H groups in total. The monoisotopic (exact) mass is 336 g/mol. The Balaban J connectivity index is 1.75. The van der Waals surface area contributed by atoms with Gasteiger partial charge in [0, 0.05) is 17.6 Å². The van der Waals surface area contributed by atoms with Crippen molar-refractivity contribution in [3.05, 3.63) is 41.6 Å². The van der Waals surface area contributed by atoms with E-state index in [1.165, 1.54) is 18.5 Å². The summed E-state index contributed by atoms with van der Waals surface area (Å²) in [6.45, 7) is 0. The Morgan fingerprint density at radius 2 is 2.12 bits per heavy atom. The molecule has 0 spiro atoms. The number of alkyl halides is 3. The van der Waals surface area contributed by atoms with E-state index < -0.39 is 11.7 Å². The van der Waals surface area contributed by atoms with Gasteiger partial charge in [0.15, 0.2) is 0 Å². The number of hydrogen-bond donors (Lipinski definition) is 1. The van der Waals surface area contributed by atoms with Crippen molar-refractivity contribution < 1.29 is 17.6 Å². The van der Waals surface area contributed by atoms with E-state index in [4.69, 9.17) is 9.68 Å². The van der Waals surface area contributed by atoms with E-state index in [-0.39, 0.29) is 17.5 Å². The number of anilines is 1. The number of nitrogens with zero attached hydrogens (tertiary/aromatic N) is 3. The fourth-order valence-electron chi connectivity index (χ4n) is 3.11. The molecule has 2 unspecified atom stereocenters. The molecule has 1 heterocycles. The van der Waals surface area contributed by atoms with E-state index in [2.05, 4.69) is 15.5 Å². The second-order valence-corrected chi connectivity index (χ2v) is 5.85. The molecule has 0 bridgehead atoms. The van der Waals surface area contributed by atoms with Crippen LogP contribution in [0.1, 0.15) is 48.6 Å². The lowest BCUT2D eigenvalue weighted by atomic mass is 9.85. The highest BCUT2D eigenvalue weighted by atomic mass is 19.4. The maximum atomic E-state index is 13.0. The normalized spacial score (nSPS) is 21.2. The first kappa shape index (κ1) is 16.3. The molecular weight excluding hydrogens is 321 g/mol. The highest BCUT2D eigenvalue weighted by Crippen LogP contribution is 2.36. The molecule has 0 amide bonds. The summed E-state index contributed by atoms with van der Waals surface area (Å²) in [5.74, 6) is 0.677. The average molecular weight is 336 g/mol. The van der Waals surface area contributed by atoms with E-state index in [9.17, 15) is 13.2 Å². The Hall–Kier alpha value is -2.56. The molecule has 0 radical (unpaired) electrons. The SMILES string of the molecule is N#Cc1ccc(NC2CCCC(c3nnco3)C2)cc1C(F)(F)F. The Bertz CT molecular complexity index is 737. The number of halogens is 3. The molecule has 1 saturated carbocycles. The van der Waals surface area contributed by atoms with Crippen LogP contribution in [0.25, 0.3) is 0 Å². The minimum absolute atomic E-state index is 0.0182. The molecule has 0 saturated heterocycles. The Morgan fingerprint density at radius 1 is 1.29 bits per heavy atom. The maximum Gasteiger partial charge on any atom is 0.417 e. The predicted octanol–water partition coefficient (Wildman–Crippen LogP) is 4.10. The minimum atomic E-state index is -4.55. The number of rotatable bonds is 3. The average Bonchev–Trinajstić information content (AvgIpc) is 3.09. The summed E-state index contributed by atoms with van der Waals surface area (Å²) in [4.78, 5) is 0. The van der Waals surface area contributed by atoms with Crippen molar-refractivity contribution >= 4 is 5.69 Å². The van der Waals surface area contributed by atoms with Crippen LogP contribution in [0.5, 0.6) is 0 Å². The highest BCUT2D eigenvalue weighted by molar-refractivity contribution is 5.53.